The van der Waals surface area contributed by atoms with Gasteiger partial charge in [-0.1, -0.05) is 12.1 Å². The van der Waals surface area contributed by atoms with E-state index in [1.807, 2.05) is 36.4 Å². The second-order valence-electron chi connectivity index (χ2n) is 2.48. The number of halogens is 2. The van der Waals surface area contributed by atoms with E-state index in [0.717, 1.165) is 11.4 Å². The van der Waals surface area contributed by atoms with E-state index in [1.54, 1.807) is 12.4 Å². The minimum absolute atomic E-state index is 0.194. The van der Waals surface area contributed by atoms with Crippen molar-refractivity contribution in [2.75, 3.05) is 0 Å². The van der Waals surface area contributed by atoms with E-state index in [2.05, 4.69) is 9.97 Å². The average Bonchev–Trinajstić information content (AvgIpc) is 2.32. The summed E-state index contributed by atoms with van der Waals surface area (Å²) >= 11 is 0.194. The van der Waals surface area contributed by atoms with Gasteiger partial charge in [-0.2, -0.15) is 0 Å². The molecule has 0 unspecified atom stereocenters. The molecule has 2 heterocycles. The minimum Gasteiger partial charge on any atom is -0.255 e. The maximum atomic E-state index is 4.76. The Bertz CT molecular complexity index is 332. The molecule has 0 spiro atoms. The third-order valence-corrected chi connectivity index (χ3v) is 1.59. The predicted molar refractivity (Wildman–Crippen MR) is 59.2 cm³/mol. The Morgan fingerprint density at radius 1 is 0.800 bits per heavy atom. The van der Waals surface area contributed by atoms with Gasteiger partial charge >= 0.3 is 33.3 Å². The van der Waals surface area contributed by atoms with Gasteiger partial charge in [-0.15, -0.1) is 0 Å². The number of hydrogen-bond acceptors (Lipinski definition) is 2. The smallest absolute Gasteiger partial charge is 0.0886 e. The van der Waals surface area contributed by atoms with Crippen LogP contribution in [0.4, 0.5) is 0 Å². The molecule has 2 aromatic rings. The molecule has 0 atom stereocenters. The van der Waals surface area contributed by atoms with Gasteiger partial charge in [-0.05, 0) is 24.3 Å². The molecule has 0 aromatic carbocycles. The predicted octanol–water partition coefficient (Wildman–Crippen LogP) is 3.52. The van der Waals surface area contributed by atoms with Crippen molar-refractivity contribution in [1.82, 2.24) is 9.97 Å². The Balaban J connectivity index is 0.000000337. The van der Waals surface area contributed by atoms with Crippen molar-refractivity contribution in [3.8, 4) is 11.4 Å². The summed E-state index contributed by atoms with van der Waals surface area (Å²) in [5, 5.41) is 0. The van der Waals surface area contributed by atoms with E-state index >= 15 is 0 Å². The van der Waals surface area contributed by atoms with Crippen LogP contribution in [0, 0.1) is 0 Å². The number of pyridine rings is 2. The number of hydrogen-bond donors (Lipinski definition) is 0. The molecule has 15 heavy (non-hydrogen) atoms. The van der Waals surface area contributed by atoms with Gasteiger partial charge in [0.2, 0.25) is 0 Å². The van der Waals surface area contributed by atoms with Crippen LogP contribution >= 0.6 is 20.2 Å². The Kier molecular flexibility index (Phi) is 6.37. The largest absolute Gasteiger partial charge is 0.255 e. The number of rotatable bonds is 1. The van der Waals surface area contributed by atoms with Crippen LogP contribution in [-0.2, 0) is 13.1 Å². The second kappa shape index (κ2) is 7.66. The van der Waals surface area contributed by atoms with Crippen LogP contribution in [0.15, 0.2) is 48.8 Å². The molecule has 0 aliphatic heterocycles. The van der Waals surface area contributed by atoms with Crippen molar-refractivity contribution in [3.05, 3.63) is 48.8 Å². The Morgan fingerprint density at radius 2 is 1.20 bits per heavy atom. The van der Waals surface area contributed by atoms with Gasteiger partial charge in [-0.25, -0.2) is 0 Å². The molecule has 0 aliphatic carbocycles. The van der Waals surface area contributed by atoms with Gasteiger partial charge in [0.25, 0.3) is 0 Å². The molecule has 5 heteroatoms. The van der Waals surface area contributed by atoms with Crippen LogP contribution in [0.25, 0.3) is 11.4 Å². The van der Waals surface area contributed by atoms with Crippen molar-refractivity contribution in [1.29, 1.82) is 0 Å². The summed E-state index contributed by atoms with van der Waals surface area (Å²) in [5.41, 5.74) is 1.83. The van der Waals surface area contributed by atoms with Crippen molar-refractivity contribution in [2.24, 2.45) is 0 Å². The molecule has 0 N–H and O–H groups in total. The SMILES string of the molecule is [Cl][Fe][Cl].c1ccc(-c2ccccn2)nc1. The van der Waals surface area contributed by atoms with Crippen molar-refractivity contribution in [2.45, 2.75) is 0 Å². The zero-order valence-corrected chi connectivity index (χ0v) is 10.2. The Labute approximate surface area is 103 Å². The number of aromatic nitrogens is 2. The molecule has 2 nitrogen and oxygen atoms in total. The maximum Gasteiger partial charge on any atom is 0.0886 e. The Hall–Kier alpha value is -0.601. The van der Waals surface area contributed by atoms with Crippen molar-refractivity contribution >= 4 is 20.2 Å². The van der Waals surface area contributed by atoms with E-state index < -0.39 is 0 Å². The van der Waals surface area contributed by atoms with Gasteiger partial charge in [0.1, 0.15) is 0 Å². The summed E-state index contributed by atoms with van der Waals surface area (Å²) in [7, 11) is 9.53. The van der Waals surface area contributed by atoms with Crippen LogP contribution in [-0.4, -0.2) is 9.97 Å². The Morgan fingerprint density at radius 3 is 1.47 bits per heavy atom. The van der Waals surface area contributed by atoms with Crippen LogP contribution < -0.4 is 0 Å². The molecule has 0 radical (unpaired) electrons. The summed E-state index contributed by atoms with van der Waals surface area (Å²) in [4.78, 5) is 8.37. The van der Waals surface area contributed by atoms with Gasteiger partial charge in [0.15, 0.2) is 0 Å². The molecular weight excluding hydrogens is 275 g/mol. The summed E-state index contributed by atoms with van der Waals surface area (Å²) in [6.45, 7) is 0. The molecule has 0 saturated heterocycles. The molecule has 0 bridgehead atoms. The molecule has 80 valence electrons. The fourth-order valence-corrected chi connectivity index (χ4v) is 1.03. The normalized spacial score (nSPS) is 9.20. The summed E-state index contributed by atoms with van der Waals surface area (Å²) < 4.78 is 0. The first-order valence-electron chi connectivity index (χ1n) is 4.06. The van der Waals surface area contributed by atoms with Gasteiger partial charge in [-0.3, -0.25) is 9.97 Å². The van der Waals surface area contributed by atoms with Gasteiger partial charge in [0, 0.05) is 12.4 Å². The van der Waals surface area contributed by atoms with Crippen LogP contribution in [0.5, 0.6) is 0 Å². The van der Waals surface area contributed by atoms with E-state index in [0.29, 0.717) is 0 Å². The molecule has 2 rings (SSSR count). The topological polar surface area (TPSA) is 25.8 Å². The quantitative estimate of drug-likeness (QED) is 0.748. The first kappa shape index (κ1) is 12.5. The number of nitrogens with zero attached hydrogens (tertiary/aromatic N) is 2. The maximum absolute atomic E-state index is 4.76. The summed E-state index contributed by atoms with van der Waals surface area (Å²) in [6, 6.07) is 11.6. The molecule has 0 saturated carbocycles. The average molecular weight is 283 g/mol. The summed E-state index contributed by atoms with van der Waals surface area (Å²) in [5.74, 6) is 0. The first-order valence-corrected chi connectivity index (χ1v) is 7.10. The van der Waals surface area contributed by atoms with Crippen molar-refractivity contribution < 1.29 is 13.1 Å². The minimum atomic E-state index is 0.194. The van der Waals surface area contributed by atoms with E-state index in [-0.39, 0.29) is 13.1 Å². The molecule has 0 fully saturated rings. The fraction of sp³-hybridized carbons (Fsp3) is 0. The first-order chi connectivity index (χ1) is 7.38. The van der Waals surface area contributed by atoms with E-state index in [4.69, 9.17) is 20.2 Å². The van der Waals surface area contributed by atoms with Crippen LogP contribution in [0.1, 0.15) is 0 Å². The monoisotopic (exact) mass is 282 g/mol. The zero-order chi connectivity index (χ0) is 10.9. The third kappa shape index (κ3) is 4.63. The molecular formula is C10H8Cl2FeN2. The second-order valence-corrected chi connectivity index (χ2v) is 4.30. The van der Waals surface area contributed by atoms with E-state index in [9.17, 15) is 0 Å². The van der Waals surface area contributed by atoms with Gasteiger partial charge in [0.05, 0.1) is 11.4 Å². The molecule has 0 aliphatic rings. The van der Waals surface area contributed by atoms with Crippen LogP contribution in [0.3, 0.4) is 0 Å². The third-order valence-electron chi connectivity index (χ3n) is 1.59. The molecule has 2 aromatic heterocycles. The van der Waals surface area contributed by atoms with Crippen molar-refractivity contribution in [3.63, 3.8) is 0 Å². The standard InChI is InChI=1S/C10H8N2.2ClH.Fe/c1-3-7-11-9(5-1)10-6-2-4-8-12-10;;;/h1-8H;2*1H;/q;;;+2/p-2. The zero-order valence-electron chi connectivity index (χ0n) is 7.62. The molecule has 0 amide bonds. The van der Waals surface area contributed by atoms with Crippen LogP contribution in [0.2, 0.25) is 0 Å². The summed E-state index contributed by atoms with van der Waals surface area (Å²) in [6.07, 6.45) is 3.54. The van der Waals surface area contributed by atoms with E-state index in [1.165, 1.54) is 0 Å². The van der Waals surface area contributed by atoms with Gasteiger partial charge < -0.3 is 0 Å². The fourth-order valence-electron chi connectivity index (χ4n) is 1.03.